The van der Waals surface area contributed by atoms with Gasteiger partial charge in [0.2, 0.25) is 0 Å². The van der Waals surface area contributed by atoms with Crippen LogP contribution in [-0.2, 0) is 10.9 Å². The Morgan fingerprint density at radius 3 is 2.71 bits per heavy atom. The van der Waals surface area contributed by atoms with E-state index in [0.717, 1.165) is 5.38 Å². The Labute approximate surface area is 81.5 Å². The second kappa shape index (κ2) is 3.95. The molecule has 0 saturated carbocycles. The first-order valence-electron chi connectivity index (χ1n) is 3.65. The number of rotatable bonds is 2. The molecule has 14 heavy (non-hydrogen) atoms. The van der Waals surface area contributed by atoms with Crippen molar-refractivity contribution in [2.75, 3.05) is 6.61 Å². The maximum atomic E-state index is 12.0. The molecule has 1 aromatic heterocycles. The number of thiazole rings is 1. The molecule has 0 aliphatic heterocycles. The molecule has 1 heterocycles. The Morgan fingerprint density at radius 1 is 1.64 bits per heavy atom. The minimum absolute atomic E-state index is 0.109. The zero-order valence-corrected chi connectivity index (χ0v) is 7.91. The van der Waals surface area contributed by atoms with Crippen molar-refractivity contribution < 1.29 is 22.7 Å². The van der Waals surface area contributed by atoms with E-state index in [-0.39, 0.29) is 12.3 Å². The van der Waals surface area contributed by atoms with Crippen molar-refractivity contribution >= 4 is 17.3 Å². The quantitative estimate of drug-likeness (QED) is 0.725. The molecule has 1 rings (SSSR count). The van der Waals surface area contributed by atoms with Crippen LogP contribution in [0.25, 0.3) is 0 Å². The average molecular weight is 225 g/mol. The van der Waals surface area contributed by atoms with Gasteiger partial charge in [-0.15, -0.1) is 11.3 Å². The Hall–Kier alpha value is -1.11. The molecule has 0 bridgehead atoms. The molecule has 78 valence electrons. The largest absolute Gasteiger partial charge is 0.461 e. The second-order valence-corrected chi connectivity index (χ2v) is 3.11. The monoisotopic (exact) mass is 225 g/mol. The van der Waals surface area contributed by atoms with Crippen molar-refractivity contribution in [2.45, 2.75) is 13.1 Å². The Bertz CT molecular complexity index is 334. The van der Waals surface area contributed by atoms with Gasteiger partial charge in [0.1, 0.15) is 0 Å². The summed E-state index contributed by atoms with van der Waals surface area (Å²) in [6.45, 7) is 1.67. The van der Waals surface area contributed by atoms with E-state index in [1.54, 1.807) is 6.92 Å². The highest BCUT2D eigenvalue weighted by atomic mass is 32.1. The molecular weight excluding hydrogens is 219 g/mol. The van der Waals surface area contributed by atoms with Crippen LogP contribution in [0.1, 0.15) is 22.4 Å². The lowest BCUT2D eigenvalue weighted by Gasteiger charge is -1.99. The molecule has 0 unspecified atom stereocenters. The molecule has 0 atom stereocenters. The lowest BCUT2D eigenvalue weighted by molar-refractivity contribution is -0.137. The molecule has 0 amide bonds. The minimum atomic E-state index is -4.50. The van der Waals surface area contributed by atoms with Gasteiger partial charge in [0.15, 0.2) is 10.7 Å². The Morgan fingerprint density at radius 2 is 2.29 bits per heavy atom. The molecule has 0 spiro atoms. The number of hydrogen-bond acceptors (Lipinski definition) is 4. The summed E-state index contributed by atoms with van der Waals surface area (Å²) in [5, 5.41) is -0.0126. The van der Waals surface area contributed by atoms with E-state index in [2.05, 4.69) is 9.72 Å². The van der Waals surface area contributed by atoms with Crippen molar-refractivity contribution in [2.24, 2.45) is 0 Å². The van der Waals surface area contributed by atoms with E-state index in [0.29, 0.717) is 11.3 Å². The number of nitrogens with zero attached hydrogens (tertiary/aromatic N) is 1. The molecule has 0 radical (unpaired) electrons. The van der Waals surface area contributed by atoms with Gasteiger partial charge in [-0.3, -0.25) is 0 Å². The first-order valence-corrected chi connectivity index (χ1v) is 4.53. The number of ether oxygens (including phenoxy) is 1. The third-order valence-corrected chi connectivity index (χ3v) is 2.12. The number of esters is 1. The number of carbonyl (C=O) groups is 1. The van der Waals surface area contributed by atoms with Crippen molar-refractivity contribution in [1.82, 2.24) is 4.98 Å². The van der Waals surface area contributed by atoms with Gasteiger partial charge in [0.05, 0.1) is 6.61 Å². The van der Waals surface area contributed by atoms with Crippen molar-refractivity contribution in [1.29, 1.82) is 0 Å². The molecule has 7 heteroatoms. The molecular formula is C7H6F3NO2S. The fourth-order valence-corrected chi connectivity index (χ4v) is 1.36. The third-order valence-electron chi connectivity index (χ3n) is 1.23. The van der Waals surface area contributed by atoms with Gasteiger partial charge in [-0.2, -0.15) is 13.2 Å². The van der Waals surface area contributed by atoms with Crippen LogP contribution in [0, 0.1) is 0 Å². The van der Waals surface area contributed by atoms with E-state index in [4.69, 9.17) is 0 Å². The summed E-state index contributed by atoms with van der Waals surface area (Å²) in [6, 6.07) is 0. The second-order valence-electron chi connectivity index (χ2n) is 2.26. The van der Waals surface area contributed by atoms with Gasteiger partial charge < -0.3 is 4.74 Å². The lowest BCUT2D eigenvalue weighted by Crippen LogP contribution is -2.08. The Balaban J connectivity index is 2.83. The topological polar surface area (TPSA) is 39.2 Å². The van der Waals surface area contributed by atoms with Crippen LogP contribution < -0.4 is 0 Å². The SMILES string of the molecule is CCOC(=O)c1csc(C(F)(F)F)n1. The zero-order chi connectivity index (χ0) is 10.8. The van der Waals surface area contributed by atoms with Crippen molar-refractivity contribution in [3.63, 3.8) is 0 Å². The van der Waals surface area contributed by atoms with Gasteiger partial charge >= 0.3 is 12.1 Å². The minimum Gasteiger partial charge on any atom is -0.461 e. The normalized spacial score (nSPS) is 11.4. The highest BCUT2D eigenvalue weighted by Crippen LogP contribution is 2.31. The third kappa shape index (κ3) is 2.44. The Kier molecular flexibility index (Phi) is 3.10. The highest BCUT2D eigenvalue weighted by molar-refractivity contribution is 7.09. The molecule has 1 aromatic rings. The van der Waals surface area contributed by atoms with Gasteiger partial charge in [-0.25, -0.2) is 9.78 Å². The van der Waals surface area contributed by atoms with Crippen LogP contribution in [0.2, 0.25) is 0 Å². The molecule has 0 fully saturated rings. The zero-order valence-electron chi connectivity index (χ0n) is 7.09. The number of carbonyl (C=O) groups excluding carboxylic acids is 1. The fraction of sp³-hybridized carbons (Fsp3) is 0.429. The smallest absolute Gasteiger partial charge is 0.443 e. The van der Waals surface area contributed by atoms with E-state index >= 15 is 0 Å². The van der Waals surface area contributed by atoms with Crippen LogP contribution in [0.5, 0.6) is 0 Å². The average Bonchev–Trinajstić information content (AvgIpc) is 2.51. The summed E-state index contributed by atoms with van der Waals surface area (Å²) in [7, 11) is 0. The standard InChI is InChI=1S/C7H6F3NO2S/c1-2-13-5(12)4-3-14-6(11-4)7(8,9)10/h3H,2H2,1H3. The molecule has 0 N–H and O–H groups in total. The maximum absolute atomic E-state index is 12.0. The van der Waals surface area contributed by atoms with Gasteiger partial charge in [0, 0.05) is 5.38 Å². The first kappa shape index (κ1) is 11.0. The number of aromatic nitrogens is 1. The molecule has 3 nitrogen and oxygen atoms in total. The van der Waals surface area contributed by atoms with Crippen LogP contribution in [0.15, 0.2) is 5.38 Å². The van der Waals surface area contributed by atoms with E-state index in [1.807, 2.05) is 0 Å². The van der Waals surface area contributed by atoms with Crippen LogP contribution in [0.3, 0.4) is 0 Å². The predicted octanol–water partition coefficient (Wildman–Crippen LogP) is 2.34. The summed E-state index contributed by atoms with van der Waals surface area (Å²) >= 11 is 0.374. The van der Waals surface area contributed by atoms with E-state index in [1.165, 1.54) is 0 Å². The number of alkyl halides is 3. The molecule has 0 aliphatic rings. The van der Waals surface area contributed by atoms with Crippen molar-refractivity contribution in [3.05, 3.63) is 16.1 Å². The summed E-state index contributed by atoms with van der Waals surface area (Å²) < 4.78 is 40.6. The first-order chi connectivity index (χ1) is 6.45. The van der Waals surface area contributed by atoms with E-state index < -0.39 is 17.2 Å². The van der Waals surface area contributed by atoms with Crippen LogP contribution >= 0.6 is 11.3 Å². The lowest BCUT2D eigenvalue weighted by atomic mass is 10.5. The maximum Gasteiger partial charge on any atom is 0.443 e. The molecule has 0 aromatic carbocycles. The molecule has 0 saturated heterocycles. The van der Waals surface area contributed by atoms with Gasteiger partial charge in [-0.05, 0) is 6.92 Å². The summed E-state index contributed by atoms with van der Waals surface area (Å²) in [4.78, 5) is 14.1. The fourth-order valence-electron chi connectivity index (χ4n) is 0.703. The predicted molar refractivity (Wildman–Crippen MR) is 43.1 cm³/mol. The van der Waals surface area contributed by atoms with E-state index in [9.17, 15) is 18.0 Å². The van der Waals surface area contributed by atoms with Gasteiger partial charge in [-0.1, -0.05) is 0 Å². The van der Waals surface area contributed by atoms with Crippen LogP contribution in [-0.4, -0.2) is 17.6 Å². The van der Waals surface area contributed by atoms with Gasteiger partial charge in [0.25, 0.3) is 0 Å². The van der Waals surface area contributed by atoms with Crippen LogP contribution in [0.4, 0.5) is 13.2 Å². The summed E-state index contributed by atoms with van der Waals surface area (Å²) in [5.41, 5.74) is -0.302. The highest BCUT2D eigenvalue weighted by Gasteiger charge is 2.35. The number of hydrogen-bond donors (Lipinski definition) is 0. The summed E-state index contributed by atoms with van der Waals surface area (Å²) in [5.74, 6) is -0.834. The van der Waals surface area contributed by atoms with Crippen molar-refractivity contribution in [3.8, 4) is 0 Å². The molecule has 0 aliphatic carbocycles. The number of halogens is 3. The summed E-state index contributed by atoms with van der Waals surface area (Å²) in [6.07, 6.45) is -4.50.